The highest BCUT2D eigenvalue weighted by Gasteiger charge is 2.38. The Morgan fingerprint density at radius 3 is 2.36 bits per heavy atom. The van der Waals surface area contributed by atoms with Gasteiger partial charge in [-0.1, -0.05) is 19.6 Å². The number of alkyl halides is 6. The molecular weight excluding hydrogens is 540 g/mol. The molecule has 0 saturated carbocycles. The third kappa shape index (κ3) is 5.66. The topological polar surface area (TPSA) is 70.2 Å². The molecule has 0 atom stereocenters. The summed E-state index contributed by atoms with van der Waals surface area (Å²) in [6.07, 6.45) is -8.80. The summed E-state index contributed by atoms with van der Waals surface area (Å²) in [4.78, 5) is 19.5. The number of hydrogen-bond donors (Lipinski definition) is 0. The van der Waals surface area contributed by atoms with Crippen LogP contribution in [0.2, 0.25) is 25.7 Å². The monoisotopic (exact) mass is 557 g/mol. The molecule has 0 aliphatic heterocycles. The minimum absolute atomic E-state index is 0.225. The molecule has 0 aliphatic rings. The van der Waals surface area contributed by atoms with Crippen LogP contribution in [0.3, 0.4) is 0 Å². The molecule has 2 aromatic heterocycles. The third-order valence-corrected chi connectivity index (χ3v) is 6.89. The number of benzene rings is 1. The van der Waals surface area contributed by atoms with Gasteiger partial charge in [0.25, 0.3) is 0 Å². The maximum atomic E-state index is 13.7. The maximum Gasteiger partial charge on any atom is 0.436 e. The number of oxazole rings is 1. The molecule has 0 amide bonds. The minimum atomic E-state index is -4.87. The number of fused-ring (bicyclic) bond motifs is 1. The van der Waals surface area contributed by atoms with Crippen molar-refractivity contribution in [2.75, 3.05) is 6.61 Å². The predicted molar refractivity (Wildman–Crippen MR) is 113 cm³/mol. The van der Waals surface area contributed by atoms with Crippen molar-refractivity contribution < 1.29 is 35.5 Å². The van der Waals surface area contributed by atoms with Gasteiger partial charge >= 0.3 is 18.1 Å². The van der Waals surface area contributed by atoms with Crippen LogP contribution in [0, 0.1) is 0 Å². The van der Waals surface area contributed by atoms with Gasteiger partial charge in [0.2, 0.25) is 0 Å². The molecule has 3 aromatic rings. The molecule has 0 N–H and O–H groups in total. The normalized spacial score (nSPS) is 13.2. The number of nitrogens with zero attached hydrogens (tertiary/aromatic N) is 3. The van der Waals surface area contributed by atoms with Crippen molar-refractivity contribution in [2.45, 2.75) is 44.8 Å². The van der Waals surface area contributed by atoms with Gasteiger partial charge < -0.3 is 9.15 Å². The average Bonchev–Trinajstić information content (AvgIpc) is 2.98. The van der Waals surface area contributed by atoms with E-state index in [1.165, 1.54) is 0 Å². The van der Waals surface area contributed by atoms with E-state index in [1.807, 2.05) is 0 Å². The largest absolute Gasteiger partial charge is 0.436 e. The zero-order chi connectivity index (χ0) is 24.8. The molecule has 0 aliphatic carbocycles. The zero-order valence-electron chi connectivity index (χ0n) is 17.6. The van der Waals surface area contributed by atoms with Gasteiger partial charge in [-0.2, -0.15) is 26.3 Å². The first kappa shape index (κ1) is 25.4. The summed E-state index contributed by atoms with van der Waals surface area (Å²) in [5, 5.41) is 0. The van der Waals surface area contributed by atoms with Crippen LogP contribution < -0.4 is 5.76 Å². The summed E-state index contributed by atoms with van der Waals surface area (Å²) in [6.45, 7) is 5.96. The Kier molecular flexibility index (Phi) is 6.84. The van der Waals surface area contributed by atoms with Crippen molar-refractivity contribution in [2.24, 2.45) is 0 Å². The standard InChI is InChI=1S/C19H18BrF6N3O3Si/c1-33(2,3)7-6-31-9-29-13-11(18(21,22)23)5-4-10(14(13)32-17(29)30)12-8-27-16(20)15(28-12)19(24,25)26/h4-5,8H,6-7,9H2,1-3H3. The van der Waals surface area contributed by atoms with E-state index in [0.29, 0.717) is 16.7 Å². The second kappa shape index (κ2) is 8.87. The van der Waals surface area contributed by atoms with Crippen molar-refractivity contribution in [3.8, 4) is 11.3 Å². The van der Waals surface area contributed by atoms with Gasteiger partial charge in [-0.05, 0) is 34.1 Å². The van der Waals surface area contributed by atoms with Crippen LogP contribution in [-0.2, 0) is 23.8 Å². The number of ether oxygens (including phenoxy) is 1. The van der Waals surface area contributed by atoms with Crippen molar-refractivity contribution >= 4 is 35.1 Å². The lowest BCUT2D eigenvalue weighted by atomic mass is 10.1. The molecule has 0 unspecified atom stereocenters. The predicted octanol–water partition coefficient (Wildman–Crippen LogP) is 6.16. The number of aromatic nitrogens is 3. The molecule has 0 fully saturated rings. The molecule has 1 aromatic carbocycles. The Labute approximate surface area is 192 Å². The highest BCUT2D eigenvalue weighted by atomic mass is 79.9. The molecular formula is C19H18BrF6N3O3Si. The molecule has 14 heteroatoms. The fraction of sp³-hybridized carbons (Fsp3) is 0.421. The molecule has 6 nitrogen and oxygen atoms in total. The maximum absolute atomic E-state index is 13.7. The molecule has 33 heavy (non-hydrogen) atoms. The lowest BCUT2D eigenvalue weighted by Crippen LogP contribution is -2.23. The van der Waals surface area contributed by atoms with Crippen LogP contribution in [0.5, 0.6) is 0 Å². The molecule has 0 bridgehead atoms. The lowest BCUT2D eigenvalue weighted by molar-refractivity contribution is -0.142. The fourth-order valence-electron chi connectivity index (χ4n) is 2.94. The van der Waals surface area contributed by atoms with E-state index in [0.717, 1.165) is 12.3 Å². The van der Waals surface area contributed by atoms with Crippen molar-refractivity contribution in [3.05, 3.63) is 44.7 Å². The molecule has 0 saturated heterocycles. The quantitative estimate of drug-likeness (QED) is 0.206. The van der Waals surface area contributed by atoms with E-state index in [4.69, 9.17) is 9.15 Å². The molecule has 3 rings (SSSR count). The van der Waals surface area contributed by atoms with Gasteiger partial charge in [-0.25, -0.2) is 19.3 Å². The number of halogens is 7. The average molecular weight is 558 g/mol. The Morgan fingerprint density at radius 2 is 1.79 bits per heavy atom. The van der Waals surface area contributed by atoms with Gasteiger partial charge in [-0.15, -0.1) is 0 Å². The molecule has 0 radical (unpaired) electrons. The second-order valence-corrected chi connectivity index (χ2v) is 14.7. The first-order chi connectivity index (χ1) is 15.1. The second-order valence-electron chi connectivity index (χ2n) is 8.37. The smallest absolute Gasteiger partial charge is 0.407 e. The Hall–Kier alpha value is -2.19. The van der Waals surface area contributed by atoms with Crippen LogP contribution >= 0.6 is 15.9 Å². The summed E-state index contributed by atoms with van der Waals surface area (Å²) in [5.41, 5.74) is -4.43. The SMILES string of the molecule is C[Si](C)(C)CCOCn1c(=O)oc2c(-c3cnc(Br)c(C(F)(F)F)n3)ccc(C(F)(F)F)c21. The third-order valence-electron chi connectivity index (χ3n) is 4.61. The van der Waals surface area contributed by atoms with Crippen LogP contribution in [0.15, 0.2) is 32.1 Å². The summed E-state index contributed by atoms with van der Waals surface area (Å²) in [6, 6.07) is 2.26. The summed E-state index contributed by atoms with van der Waals surface area (Å²) >= 11 is 2.66. The van der Waals surface area contributed by atoms with Gasteiger partial charge in [-0.3, -0.25) is 0 Å². The Bertz CT molecular complexity index is 1230. The number of rotatable bonds is 6. The van der Waals surface area contributed by atoms with Crippen molar-refractivity contribution in [1.29, 1.82) is 0 Å². The molecule has 2 heterocycles. The lowest BCUT2D eigenvalue weighted by Gasteiger charge is -2.16. The first-order valence-electron chi connectivity index (χ1n) is 9.51. The molecule has 0 spiro atoms. The van der Waals surface area contributed by atoms with Crippen LogP contribution in [0.4, 0.5) is 26.3 Å². The Morgan fingerprint density at radius 1 is 1.12 bits per heavy atom. The van der Waals surface area contributed by atoms with E-state index < -0.39 is 65.6 Å². The van der Waals surface area contributed by atoms with Crippen LogP contribution in [0.1, 0.15) is 11.3 Å². The Balaban J connectivity index is 2.16. The minimum Gasteiger partial charge on any atom is -0.407 e. The highest BCUT2D eigenvalue weighted by Crippen LogP contribution is 2.39. The fourth-order valence-corrected chi connectivity index (χ4v) is 4.12. The van der Waals surface area contributed by atoms with Crippen molar-refractivity contribution in [3.63, 3.8) is 0 Å². The summed E-state index contributed by atoms with van der Waals surface area (Å²) in [7, 11) is -1.49. The van der Waals surface area contributed by atoms with Crippen LogP contribution in [-0.4, -0.2) is 29.2 Å². The van der Waals surface area contributed by atoms with Gasteiger partial charge in [0.15, 0.2) is 11.3 Å². The van der Waals surface area contributed by atoms with E-state index >= 15 is 0 Å². The van der Waals surface area contributed by atoms with E-state index in [2.05, 4.69) is 45.5 Å². The van der Waals surface area contributed by atoms with Gasteiger partial charge in [0, 0.05) is 20.2 Å². The zero-order valence-corrected chi connectivity index (χ0v) is 20.2. The van der Waals surface area contributed by atoms with Crippen molar-refractivity contribution in [1.82, 2.24) is 14.5 Å². The highest BCUT2D eigenvalue weighted by molar-refractivity contribution is 9.10. The molecule has 180 valence electrons. The summed E-state index contributed by atoms with van der Waals surface area (Å²) in [5.74, 6) is -1.14. The van der Waals surface area contributed by atoms with Crippen LogP contribution in [0.25, 0.3) is 22.4 Å². The van der Waals surface area contributed by atoms with E-state index in [9.17, 15) is 31.1 Å². The van der Waals surface area contributed by atoms with E-state index in [1.54, 1.807) is 0 Å². The van der Waals surface area contributed by atoms with Gasteiger partial charge in [0.05, 0.1) is 17.5 Å². The summed E-state index contributed by atoms with van der Waals surface area (Å²) < 4.78 is 91.3. The number of hydrogen-bond acceptors (Lipinski definition) is 5. The van der Waals surface area contributed by atoms with E-state index in [-0.39, 0.29) is 12.2 Å². The van der Waals surface area contributed by atoms with Gasteiger partial charge in [0.1, 0.15) is 16.9 Å². The first-order valence-corrected chi connectivity index (χ1v) is 14.0.